The van der Waals surface area contributed by atoms with Gasteiger partial charge in [0.05, 0.1) is 0 Å². The Balaban J connectivity index is 0.00000180. The average molecular weight is 291 g/mol. The third-order valence-corrected chi connectivity index (χ3v) is 3.42. The van der Waals surface area contributed by atoms with Crippen LogP contribution < -0.4 is 5.32 Å². The van der Waals surface area contributed by atoms with Gasteiger partial charge in [0.15, 0.2) is 0 Å². The summed E-state index contributed by atoms with van der Waals surface area (Å²) in [5.74, 6) is 0. The van der Waals surface area contributed by atoms with E-state index < -0.39 is 6.43 Å². The first-order valence-corrected chi connectivity index (χ1v) is 6.46. The van der Waals surface area contributed by atoms with E-state index in [0.717, 1.165) is 37.3 Å². The van der Waals surface area contributed by atoms with Crippen molar-refractivity contribution in [3.05, 3.63) is 35.4 Å². The zero-order chi connectivity index (χ0) is 13.0. The van der Waals surface area contributed by atoms with Gasteiger partial charge >= 0.3 is 0 Å². The summed E-state index contributed by atoms with van der Waals surface area (Å²) in [4.78, 5) is 2.16. The first-order chi connectivity index (χ1) is 8.66. The molecule has 0 radical (unpaired) electrons. The molecular weight excluding hydrogens is 270 g/mol. The number of aryl methyl sites for hydroxylation is 1. The van der Waals surface area contributed by atoms with Gasteiger partial charge in [0.25, 0.3) is 0 Å². The van der Waals surface area contributed by atoms with Crippen molar-refractivity contribution in [2.45, 2.75) is 25.8 Å². The highest BCUT2D eigenvalue weighted by Gasteiger charge is 2.25. The summed E-state index contributed by atoms with van der Waals surface area (Å²) in [5, 5.41) is 3.26. The molecule has 1 saturated heterocycles. The van der Waals surface area contributed by atoms with Crippen LogP contribution in [0.5, 0.6) is 0 Å². The molecule has 1 aliphatic rings. The Bertz CT molecular complexity index is 381. The van der Waals surface area contributed by atoms with E-state index in [4.69, 9.17) is 0 Å². The monoisotopic (exact) mass is 290 g/mol. The van der Waals surface area contributed by atoms with E-state index >= 15 is 0 Å². The molecule has 5 heteroatoms. The second-order valence-corrected chi connectivity index (χ2v) is 4.84. The van der Waals surface area contributed by atoms with Crippen molar-refractivity contribution >= 4 is 12.4 Å². The molecule has 19 heavy (non-hydrogen) atoms. The van der Waals surface area contributed by atoms with E-state index in [1.165, 1.54) is 0 Å². The summed E-state index contributed by atoms with van der Waals surface area (Å²) >= 11 is 0. The predicted octanol–water partition coefficient (Wildman–Crippen LogP) is 3.02. The molecule has 1 fully saturated rings. The largest absolute Gasteiger partial charge is 0.314 e. The van der Waals surface area contributed by atoms with Gasteiger partial charge in [-0.1, -0.05) is 29.8 Å². The molecule has 0 aliphatic carbocycles. The number of nitrogens with zero attached hydrogens (tertiary/aromatic N) is 1. The normalized spacial score (nSPS) is 18.1. The summed E-state index contributed by atoms with van der Waals surface area (Å²) in [6, 6.07) is 7.77. The Labute approximate surface area is 119 Å². The van der Waals surface area contributed by atoms with E-state index in [9.17, 15) is 8.78 Å². The van der Waals surface area contributed by atoms with Crippen molar-refractivity contribution in [2.75, 3.05) is 26.2 Å². The standard InChI is InChI=1S/C14H20F2N2.ClH/c1-11-3-2-4-12(9-11)13(10-14(15)16)18-7-5-17-6-8-18;/h2-4,9,13-14,17H,5-8,10H2,1H3;1H/t13-;/m0./s1. The number of benzene rings is 1. The third kappa shape index (κ3) is 4.71. The highest BCUT2D eigenvalue weighted by molar-refractivity contribution is 5.85. The van der Waals surface area contributed by atoms with E-state index in [1.54, 1.807) is 0 Å². The SMILES string of the molecule is Cc1cccc([C@H](CC(F)F)N2CCNCC2)c1.Cl. The summed E-state index contributed by atoms with van der Waals surface area (Å²) in [7, 11) is 0. The maximum absolute atomic E-state index is 12.8. The molecule has 0 spiro atoms. The lowest BCUT2D eigenvalue weighted by molar-refractivity contribution is 0.0739. The summed E-state index contributed by atoms with van der Waals surface area (Å²) in [6.45, 7) is 5.44. The van der Waals surface area contributed by atoms with E-state index in [2.05, 4.69) is 10.2 Å². The summed E-state index contributed by atoms with van der Waals surface area (Å²) in [5.41, 5.74) is 2.14. The zero-order valence-electron chi connectivity index (χ0n) is 11.1. The van der Waals surface area contributed by atoms with Crippen LogP contribution in [-0.4, -0.2) is 37.5 Å². The molecule has 1 aromatic rings. The van der Waals surface area contributed by atoms with Crippen LogP contribution in [0.4, 0.5) is 8.78 Å². The third-order valence-electron chi connectivity index (χ3n) is 3.42. The smallest absolute Gasteiger partial charge is 0.240 e. The minimum absolute atomic E-state index is 0. The average Bonchev–Trinajstić information content (AvgIpc) is 2.37. The fraction of sp³-hybridized carbons (Fsp3) is 0.571. The van der Waals surface area contributed by atoms with Crippen LogP contribution in [0.25, 0.3) is 0 Å². The molecule has 0 amide bonds. The van der Waals surface area contributed by atoms with Crippen LogP contribution >= 0.6 is 12.4 Å². The van der Waals surface area contributed by atoms with Gasteiger partial charge in [-0.3, -0.25) is 4.90 Å². The molecule has 108 valence electrons. The minimum atomic E-state index is -2.26. The number of halogens is 3. The van der Waals surface area contributed by atoms with Gasteiger partial charge < -0.3 is 5.32 Å². The molecule has 2 rings (SSSR count). The number of hydrogen-bond donors (Lipinski definition) is 1. The fourth-order valence-corrected chi connectivity index (χ4v) is 2.54. The molecule has 2 nitrogen and oxygen atoms in total. The molecule has 1 heterocycles. The van der Waals surface area contributed by atoms with Crippen LogP contribution in [0.2, 0.25) is 0 Å². The molecule has 0 aromatic heterocycles. The minimum Gasteiger partial charge on any atom is -0.314 e. The van der Waals surface area contributed by atoms with Crippen molar-refractivity contribution in [3.8, 4) is 0 Å². The predicted molar refractivity (Wildman–Crippen MR) is 76.2 cm³/mol. The molecule has 1 aromatic carbocycles. The number of nitrogens with one attached hydrogen (secondary N) is 1. The number of alkyl halides is 2. The molecule has 1 atom stereocenters. The molecule has 0 bridgehead atoms. The Morgan fingerprint density at radius 2 is 1.95 bits per heavy atom. The van der Waals surface area contributed by atoms with E-state index in [0.29, 0.717) is 0 Å². The lowest BCUT2D eigenvalue weighted by Gasteiger charge is -2.35. The van der Waals surface area contributed by atoms with Crippen molar-refractivity contribution < 1.29 is 8.78 Å². The van der Waals surface area contributed by atoms with E-state index in [1.807, 2.05) is 31.2 Å². The highest BCUT2D eigenvalue weighted by atomic mass is 35.5. The van der Waals surface area contributed by atoms with Gasteiger partial charge in [-0.25, -0.2) is 8.78 Å². The molecular formula is C14H21ClF2N2. The van der Waals surface area contributed by atoms with Gasteiger partial charge in [-0.05, 0) is 12.5 Å². The van der Waals surface area contributed by atoms with Gasteiger partial charge in [0.1, 0.15) is 0 Å². The lowest BCUT2D eigenvalue weighted by atomic mass is 9.99. The van der Waals surface area contributed by atoms with Crippen LogP contribution in [0.15, 0.2) is 24.3 Å². The first kappa shape index (κ1) is 16.3. The quantitative estimate of drug-likeness (QED) is 0.917. The summed E-state index contributed by atoms with van der Waals surface area (Å²) < 4.78 is 25.6. The Morgan fingerprint density at radius 3 is 2.53 bits per heavy atom. The second-order valence-electron chi connectivity index (χ2n) is 4.84. The molecule has 1 N–H and O–H groups in total. The van der Waals surface area contributed by atoms with Crippen molar-refractivity contribution in [3.63, 3.8) is 0 Å². The van der Waals surface area contributed by atoms with Gasteiger partial charge in [-0.2, -0.15) is 0 Å². The molecule has 0 saturated carbocycles. The number of rotatable bonds is 4. The maximum atomic E-state index is 12.8. The Morgan fingerprint density at radius 1 is 1.26 bits per heavy atom. The van der Waals surface area contributed by atoms with E-state index in [-0.39, 0.29) is 24.9 Å². The van der Waals surface area contributed by atoms with Crippen molar-refractivity contribution in [1.82, 2.24) is 10.2 Å². The second kappa shape index (κ2) is 7.78. The fourth-order valence-electron chi connectivity index (χ4n) is 2.54. The molecule has 0 unspecified atom stereocenters. The Kier molecular flexibility index (Phi) is 6.69. The van der Waals surface area contributed by atoms with Gasteiger partial charge in [0, 0.05) is 38.6 Å². The van der Waals surface area contributed by atoms with Crippen molar-refractivity contribution in [2.24, 2.45) is 0 Å². The van der Waals surface area contributed by atoms with Crippen LogP contribution in [0.3, 0.4) is 0 Å². The summed E-state index contributed by atoms with van der Waals surface area (Å²) in [6.07, 6.45) is -2.34. The number of piperazine rings is 1. The van der Waals surface area contributed by atoms with Gasteiger partial charge in [-0.15, -0.1) is 12.4 Å². The zero-order valence-corrected chi connectivity index (χ0v) is 11.9. The maximum Gasteiger partial charge on any atom is 0.240 e. The number of hydrogen-bond acceptors (Lipinski definition) is 2. The topological polar surface area (TPSA) is 15.3 Å². The highest BCUT2D eigenvalue weighted by Crippen LogP contribution is 2.28. The van der Waals surface area contributed by atoms with Crippen LogP contribution in [-0.2, 0) is 0 Å². The lowest BCUT2D eigenvalue weighted by Crippen LogP contribution is -2.45. The molecule has 1 aliphatic heterocycles. The first-order valence-electron chi connectivity index (χ1n) is 6.46. The van der Waals surface area contributed by atoms with Crippen LogP contribution in [0.1, 0.15) is 23.6 Å². The van der Waals surface area contributed by atoms with Gasteiger partial charge in [0.2, 0.25) is 6.43 Å². The Hall–Kier alpha value is -0.710. The van der Waals surface area contributed by atoms with Crippen molar-refractivity contribution in [1.29, 1.82) is 0 Å². The van der Waals surface area contributed by atoms with Crippen LogP contribution in [0, 0.1) is 6.92 Å².